The van der Waals surface area contributed by atoms with Gasteiger partial charge in [-0.25, -0.2) is 4.98 Å². The molecule has 1 aliphatic rings. The second kappa shape index (κ2) is 5.74. The summed E-state index contributed by atoms with van der Waals surface area (Å²) < 4.78 is 0. The second-order valence-electron chi connectivity index (χ2n) is 5.52. The van der Waals surface area contributed by atoms with Crippen LogP contribution in [-0.4, -0.2) is 32.2 Å². The summed E-state index contributed by atoms with van der Waals surface area (Å²) in [7, 11) is 4.12. The molecular weight excluding hydrogens is 260 g/mol. The molecule has 110 valence electrons. The Morgan fingerprint density at radius 1 is 1.14 bits per heavy atom. The molecule has 2 aromatic rings. The third kappa shape index (κ3) is 2.59. The molecule has 4 heteroatoms. The quantitative estimate of drug-likeness (QED) is 0.938. The first-order chi connectivity index (χ1) is 10.2. The zero-order chi connectivity index (χ0) is 14.8. The maximum absolute atomic E-state index is 4.58. The summed E-state index contributed by atoms with van der Waals surface area (Å²) in [5, 5.41) is 3.28. The Hall–Kier alpha value is -2.07. The normalized spacial score (nSPS) is 15.8. The van der Waals surface area contributed by atoms with Crippen LogP contribution in [0, 0.1) is 0 Å². The number of para-hydroxylation sites is 2. The summed E-state index contributed by atoms with van der Waals surface area (Å²) >= 11 is 0. The minimum atomic E-state index is 0.328. The van der Waals surface area contributed by atoms with Crippen LogP contribution < -0.4 is 15.1 Å². The van der Waals surface area contributed by atoms with Gasteiger partial charge in [0.15, 0.2) is 0 Å². The highest BCUT2D eigenvalue weighted by Gasteiger charge is 2.22. The lowest BCUT2D eigenvalue weighted by Crippen LogP contribution is -2.36. The number of anilines is 3. The fourth-order valence-electron chi connectivity index (χ4n) is 2.76. The van der Waals surface area contributed by atoms with Crippen molar-refractivity contribution in [3.05, 3.63) is 48.2 Å². The van der Waals surface area contributed by atoms with Crippen LogP contribution in [0.25, 0.3) is 0 Å². The number of rotatable bonds is 3. The fraction of sp³-hybridized carbons (Fsp3) is 0.353. The fourth-order valence-corrected chi connectivity index (χ4v) is 2.76. The summed E-state index contributed by atoms with van der Waals surface area (Å²) in [6, 6.07) is 13.1. The van der Waals surface area contributed by atoms with Crippen molar-refractivity contribution in [1.29, 1.82) is 0 Å². The van der Waals surface area contributed by atoms with E-state index in [1.54, 1.807) is 0 Å². The molecule has 21 heavy (non-hydrogen) atoms. The summed E-state index contributed by atoms with van der Waals surface area (Å²) in [4.78, 5) is 9.19. The molecule has 0 radical (unpaired) electrons. The lowest BCUT2D eigenvalue weighted by molar-refractivity contribution is 0.651. The monoisotopic (exact) mass is 282 g/mol. The Kier molecular flexibility index (Phi) is 3.80. The third-order valence-electron chi connectivity index (χ3n) is 4.22. The Morgan fingerprint density at radius 3 is 2.67 bits per heavy atom. The van der Waals surface area contributed by atoms with Crippen LogP contribution in [0.1, 0.15) is 18.5 Å². The largest absolute Gasteiger partial charge is 0.371 e. The van der Waals surface area contributed by atoms with E-state index < -0.39 is 0 Å². The molecular formula is C17H22N4. The van der Waals surface area contributed by atoms with Crippen molar-refractivity contribution < 1.29 is 0 Å². The van der Waals surface area contributed by atoms with Crippen molar-refractivity contribution in [2.24, 2.45) is 0 Å². The number of fused-ring (bicyclic) bond motifs is 1. The number of likely N-dealkylation sites (N-methyl/N-ethyl adjacent to an activating group) is 1. The molecule has 1 aromatic carbocycles. The standard InChI is InChI=1S/C17H22N4/c1-13(18-2)14-8-9-19-17(12-14)21-11-10-20(3)15-6-4-5-7-16(15)21/h4-9,12-13,18H,10-11H2,1-3H3. The van der Waals surface area contributed by atoms with Gasteiger partial charge in [0.2, 0.25) is 0 Å². The maximum Gasteiger partial charge on any atom is 0.133 e. The van der Waals surface area contributed by atoms with Crippen LogP contribution in [0.4, 0.5) is 17.2 Å². The minimum absolute atomic E-state index is 0.328. The van der Waals surface area contributed by atoms with Crippen LogP contribution in [0.5, 0.6) is 0 Å². The summed E-state index contributed by atoms with van der Waals surface area (Å²) in [5.41, 5.74) is 3.75. The van der Waals surface area contributed by atoms with E-state index in [0.29, 0.717) is 6.04 Å². The van der Waals surface area contributed by atoms with Crippen molar-refractivity contribution in [2.75, 3.05) is 37.0 Å². The van der Waals surface area contributed by atoms with Gasteiger partial charge in [0, 0.05) is 32.4 Å². The average Bonchev–Trinajstić information content (AvgIpc) is 2.55. The van der Waals surface area contributed by atoms with Crippen LogP contribution in [0.15, 0.2) is 42.6 Å². The number of aromatic nitrogens is 1. The Bertz CT molecular complexity index is 626. The summed E-state index contributed by atoms with van der Waals surface area (Å²) in [6.07, 6.45) is 1.90. The molecule has 0 aliphatic carbocycles. The van der Waals surface area contributed by atoms with E-state index in [0.717, 1.165) is 18.9 Å². The molecule has 1 aliphatic heterocycles. The van der Waals surface area contributed by atoms with Crippen molar-refractivity contribution in [3.63, 3.8) is 0 Å². The molecule has 0 fully saturated rings. The van der Waals surface area contributed by atoms with E-state index in [1.807, 2.05) is 13.2 Å². The first kappa shape index (κ1) is 13.9. The van der Waals surface area contributed by atoms with Crippen LogP contribution in [0.2, 0.25) is 0 Å². The Morgan fingerprint density at radius 2 is 1.90 bits per heavy atom. The van der Waals surface area contributed by atoms with Gasteiger partial charge in [0.25, 0.3) is 0 Å². The molecule has 0 saturated carbocycles. The number of nitrogens with zero attached hydrogens (tertiary/aromatic N) is 3. The molecule has 4 nitrogen and oxygen atoms in total. The van der Waals surface area contributed by atoms with Gasteiger partial charge < -0.3 is 15.1 Å². The number of benzene rings is 1. The van der Waals surface area contributed by atoms with Gasteiger partial charge >= 0.3 is 0 Å². The van der Waals surface area contributed by atoms with Gasteiger partial charge in [0.05, 0.1) is 11.4 Å². The summed E-state index contributed by atoms with van der Waals surface area (Å²) in [5.74, 6) is 1.02. The van der Waals surface area contributed by atoms with Crippen molar-refractivity contribution in [1.82, 2.24) is 10.3 Å². The van der Waals surface area contributed by atoms with Crippen LogP contribution in [-0.2, 0) is 0 Å². The van der Waals surface area contributed by atoms with Gasteiger partial charge in [-0.1, -0.05) is 12.1 Å². The molecule has 1 aromatic heterocycles. The zero-order valence-electron chi connectivity index (χ0n) is 12.9. The number of hydrogen-bond acceptors (Lipinski definition) is 4. The van der Waals surface area contributed by atoms with Gasteiger partial charge in [-0.3, -0.25) is 0 Å². The molecule has 1 atom stereocenters. The zero-order valence-corrected chi connectivity index (χ0v) is 12.9. The Labute approximate surface area is 126 Å². The average molecular weight is 282 g/mol. The maximum atomic E-state index is 4.58. The topological polar surface area (TPSA) is 31.4 Å². The predicted octanol–water partition coefficient (Wildman–Crippen LogP) is 2.95. The van der Waals surface area contributed by atoms with Gasteiger partial charge in [-0.15, -0.1) is 0 Å². The number of nitrogens with one attached hydrogen (secondary N) is 1. The smallest absolute Gasteiger partial charge is 0.133 e. The van der Waals surface area contributed by atoms with E-state index >= 15 is 0 Å². The first-order valence-corrected chi connectivity index (χ1v) is 7.41. The molecule has 3 rings (SSSR count). The van der Waals surface area contributed by atoms with E-state index in [2.05, 4.69) is 70.5 Å². The van der Waals surface area contributed by atoms with Gasteiger partial charge in [0.1, 0.15) is 5.82 Å². The van der Waals surface area contributed by atoms with E-state index in [4.69, 9.17) is 0 Å². The molecule has 0 bridgehead atoms. The molecule has 0 spiro atoms. The lowest BCUT2D eigenvalue weighted by Gasteiger charge is -2.36. The highest BCUT2D eigenvalue weighted by molar-refractivity contribution is 5.78. The van der Waals surface area contributed by atoms with Gasteiger partial charge in [-0.2, -0.15) is 0 Å². The molecule has 1 unspecified atom stereocenters. The third-order valence-corrected chi connectivity index (χ3v) is 4.22. The highest BCUT2D eigenvalue weighted by Crippen LogP contribution is 2.36. The van der Waals surface area contributed by atoms with E-state index in [1.165, 1.54) is 16.9 Å². The summed E-state index contributed by atoms with van der Waals surface area (Å²) in [6.45, 7) is 4.12. The molecule has 2 heterocycles. The van der Waals surface area contributed by atoms with E-state index in [9.17, 15) is 0 Å². The second-order valence-corrected chi connectivity index (χ2v) is 5.52. The first-order valence-electron chi connectivity index (χ1n) is 7.41. The molecule has 0 amide bonds. The van der Waals surface area contributed by atoms with Gasteiger partial charge in [-0.05, 0) is 43.8 Å². The van der Waals surface area contributed by atoms with Crippen LogP contribution in [0.3, 0.4) is 0 Å². The minimum Gasteiger partial charge on any atom is -0.371 e. The SMILES string of the molecule is CNC(C)c1ccnc(N2CCN(C)c3ccccc32)c1. The van der Waals surface area contributed by atoms with Crippen molar-refractivity contribution in [2.45, 2.75) is 13.0 Å². The number of hydrogen-bond donors (Lipinski definition) is 1. The number of pyridine rings is 1. The van der Waals surface area contributed by atoms with E-state index in [-0.39, 0.29) is 0 Å². The van der Waals surface area contributed by atoms with Crippen molar-refractivity contribution in [3.8, 4) is 0 Å². The highest BCUT2D eigenvalue weighted by atomic mass is 15.3. The molecule has 1 N–H and O–H groups in total. The Balaban J connectivity index is 2.00. The van der Waals surface area contributed by atoms with Crippen LogP contribution >= 0.6 is 0 Å². The lowest BCUT2D eigenvalue weighted by atomic mass is 10.1. The van der Waals surface area contributed by atoms with Crippen molar-refractivity contribution >= 4 is 17.2 Å². The predicted molar refractivity (Wildman–Crippen MR) is 88.4 cm³/mol. The molecule has 0 saturated heterocycles.